The van der Waals surface area contributed by atoms with Crippen LogP contribution in [0.15, 0.2) is 72.9 Å². The molecular formula is C33H43N3O4. The van der Waals surface area contributed by atoms with Gasteiger partial charge in [-0.2, -0.15) is 0 Å². The fraction of sp³-hybridized carbons (Fsp3) is 0.455. The number of hydrogen-bond donors (Lipinski definition) is 0. The molecule has 7 nitrogen and oxygen atoms in total. The molecule has 40 heavy (non-hydrogen) atoms. The van der Waals surface area contributed by atoms with Crippen molar-refractivity contribution in [1.82, 2.24) is 14.4 Å². The Bertz CT molecular complexity index is 1200. The number of amides is 2. The van der Waals surface area contributed by atoms with Gasteiger partial charge in [0, 0.05) is 51.2 Å². The monoisotopic (exact) mass is 545 g/mol. The summed E-state index contributed by atoms with van der Waals surface area (Å²) in [6.45, 7) is 2.79. The van der Waals surface area contributed by atoms with Crippen LogP contribution in [0.2, 0.25) is 0 Å². The van der Waals surface area contributed by atoms with E-state index in [0.29, 0.717) is 39.2 Å². The van der Waals surface area contributed by atoms with E-state index in [1.165, 1.54) is 6.42 Å². The maximum atomic E-state index is 13.9. The van der Waals surface area contributed by atoms with Gasteiger partial charge in [-0.05, 0) is 54.7 Å². The van der Waals surface area contributed by atoms with Gasteiger partial charge in [-0.1, -0.05) is 61.7 Å². The highest BCUT2D eigenvalue weighted by Gasteiger charge is 2.28. The van der Waals surface area contributed by atoms with Crippen LogP contribution in [0.25, 0.3) is 0 Å². The Kier molecular flexibility index (Phi) is 11.2. The van der Waals surface area contributed by atoms with Gasteiger partial charge in [0.25, 0.3) is 0 Å². The molecule has 2 aromatic carbocycles. The molecule has 4 rings (SSSR count). The smallest absolute Gasteiger partial charge is 0.242 e. The lowest BCUT2D eigenvalue weighted by atomic mass is 9.88. The average molecular weight is 546 g/mol. The predicted octanol–water partition coefficient (Wildman–Crippen LogP) is 5.52. The summed E-state index contributed by atoms with van der Waals surface area (Å²) in [5.41, 5.74) is 3.23. The fourth-order valence-corrected chi connectivity index (χ4v) is 5.48. The molecule has 0 N–H and O–H groups in total. The largest absolute Gasteiger partial charge is 0.497 e. The molecule has 1 aliphatic carbocycles. The zero-order valence-electron chi connectivity index (χ0n) is 24.0. The van der Waals surface area contributed by atoms with E-state index >= 15 is 0 Å². The van der Waals surface area contributed by atoms with Crippen LogP contribution >= 0.6 is 0 Å². The highest BCUT2D eigenvalue weighted by molar-refractivity contribution is 5.86. The number of methoxy groups -OCH3 is 2. The summed E-state index contributed by atoms with van der Waals surface area (Å²) in [5.74, 6) is 0.917. The summed E-state index contributed by atoms with van der Waals surface area (Å²) in [7, 11) is 3.34. The molecule has 0 saturated heterocycles. The average Bonchev–Trinajstić information content (AvgIpc) is 3.43. The van der Waals surface area contributed by atoms with E-state index in [9.17, 15) is 9.59 Å². The van der Waals surface area contributed by atoms with Gasteiger partial charge in [0.1, 0.15) is 5.75 Å². The third kappa shape index (κ3) is 8.46. The standard InChI is InChI=1S/C33H43N3O4/c1-39-21-11-20-35(33(38)29-15-7-4-8-16-29)26-32(37)36(23-27-12-5-3-6-13-27)25-30-17-10-19-34(30)24-28-14-9-18-31(22-28)40-2/h3,5-6,9-10,12-14,17-19,22,29H,4,7-8,11,15-16,20-21,23-26H2,1-2H3. The quantitative estimate of drug-likeness (QED) is 0.250. The molecule has 0 atom stereocenters. The minimum atomic E-state index is -0.0421. The molecule has 0 unspecified atom stereocenters. The van der Waals surface area contributed by atoms with Gasteiger partial charge >= 0.3 is 0 Å². The molecule has 0 aliphatic heterocycles. The van der Waals surface area contributed by atoms with Gasteiger partial charge in [-0.15, -0.1) is 0 Å². The topological polar surface area (TPSA) is 64.0 Å². The molecule has 1 aromatic heterocycles. The van der Waals surface area contributed by atoms with Crippen molar-refractivity contribution in [3.05, 3.63) is 89.7 Å². The number of carbonyl (C=O) groups excluding carboxylic acids is 2. The van der Waals surface area contributed by atoms with Crippen molar-refractivity contribution in [2.24, 2.45) is 5.92 Å². The number of aromatic nitrogens is 1. The third-order valence-corrected chi connectivity index (χ3v) is 7.70. The summed E-state index contributed by atoms with van der Waals surface area (Å²) in [4.78, 5) is 31.1. The molecule has 0 radical (unpaired) electrons. The number of carbonyl (C=O) groups is 2. The van der Waals surface area contributed by atoms with Crippen LogP contribution in [-0.2, 0) is 34.0 Å². The van der Waals surface area contributed by atoms with Crippen molar-refractivity contribution in [2.75, 3.05) is 33.9 Å². The van der Waals surface area contributed by atoms with Crippen LogP contribution in [-0.4, -0.2) is 60.1 Å². The van der Waals surface area contributed by atoms with E-state index < -0.39 is 0 Å². The molecule has 3 aromatic rings. The zero-order chi connectivity index (χ0) is 28.2. The van der Waals surface area contributed by atoms with Crippen LogP contribution in [0.5, 0.6) is 5.75 Å². The zero-order valence-corrected chi connectivity index (χ0v) is 24.0. The fourth-order valence-electron chi connectivity index (χ4n) is 5.48. The van der Waals surface area contributed by atoms with Crippen molar-refractivity contribution in [1.29, 1.82) is 0 Å². The van der Waals surface area contributed by atoms with Crippen LogP contribution in [0, 0.1) is 5.92 Å². The Morgan fingerprint density at radius 2 is 1.65 bits per heavy atom. The highest BCUT2D eigenvalue weighted by atomic mass is 16.5. The lowest BCUT2D eigenvalue weighted by Crippen LogP contribution is -2.45. The third-order valence-electron chi connectivity index (χ3n) is 7.70. The molecule has 2 amide bonds. The van der Waals surface area contributed by atoms with Crippen molar-refractivity contribution in [2.45, 2.75) is 58.2 Å². The normalized spacial score (nSPS) is 13.7. The molecule has 1 fully saturated rings. The van der Waals surface area contributed by atoms with E-state index in [4.69, 9.17) is 9.47 Å². The summed E-state index contributed by atoms with van der Waals surface area (Å²) in [5, 5.41) is 0. The first-order chi connectivity index (χ1) is 19.6. The molecule has 1 saturated carbocycles. The molecule has 1 aliphatic rings. The van der Waals surface area contributed by atoms with E-state index in [0.717, 1.165) is 48.3 Å². The first kappa shape index (κ1) is 29.4. The van der Waals surface area contributed by atoms with E-state index in [-0.39, 0.29) is 24.3 Å². The predicted molar refractivity (Wildman–Crippen MR) is 157 cm³/mol. The molecule has 0 bridgehead atoms. The Morgan fingerprint density at radius 3 is 2.40 bits per heavy atom. The molecule has 214 valence electrons. The number of rotatable bonds is 14. The van der Waals surface area contributed by atoms with Crippen molar-refractivity contribution in [3.63, 3.8) is 0 Å². The second-order valence-corrected chi connectivity index (χ2v) is 10.7. The summed E-state index contributed by atoms with van der Waals surface area (Å²) >= 11 is 0. The summed E-state index contributed by atoms with van der Waals surface area (Å²) in [6.07, 6.45) is 7.95. The highest BCUT2D eigenvalue weighted by Crippen LogP contribution is 2.26. The second-order valence-electron chi connectivity index (χ2n) is 10.7. The number of nitrogens with zero attached hydrogens (tertiary/aromatic N) is 3. The van der Waals surface area contributed by atoms with Gasteiger partial charge < -0.3 is 23.8 Å². The minimum Gasteiger partial charge on any atom is -0.497 e. The van der Waals surface area contributed by atoms with Gasteiger partial charge in [0.05, 0.1) is 20.2 Å². The van der Waals surface area contributed by atoms with Crippen LogP contribution in [0.1, 0.15) is 55.3 Å². The Balaban J connectivity index is 1.53. The van der Waals surface area contributed by atoms with Crippen molar-refractivity contribution >= 4 is 11.8 Å². The minimum absolute atomic E-state index is 0.0202. The van der Waals surface area contributed by atoms with Gasteiger partial charge in [0.2, 0.25) is 11.8 Å². The van der Waals surface area contributed by atoms with Gasteiger partial charge in [0.15, 0.2) is 0 Å². The van der Waals surface area contributed by atoms with Gasteiger partial charge in [-0.25, -0.2) is 0 Å². The first-order valence-corrected chi connectivity index (χ1v) is 14.4. The second kappa shape index (κ2) is 15.3. The Labute approximate surface area is 238 Å². The van der Waals surface area contributed by atoms with Crippen LogP contribution < -0.4 is 4.74 Å². The van der Waals surface area contributed by atoms with Crippen molar-refractivity contribution in [3.8, 4) is 5.75 Å². The van der Waals surface area contributed by atoms with Gasteiger partial charge in [-0.3, -0.25) is 9.59 Å². The number of hydrogen-bond acceptors (Lipinski definition) is 4. The molecule has 1 heterocycles. The lowest BCUT2D eigenvalue weighted by Gasteiger charge is -2.31. The molecular weight excluding hydrogens is 502 g/mol. The summed E-state index contributed by atoms with van der Waals surface area (Å²) < 4.78 is 12.8. The SMILES string of the molecule is COCCCN(CC(=O)N(Cc1ccccc1)Cc1cccn1Cc1cccc(OC)c1)C(=O)C1CCCCC1. The Hall–Kier alpha value is -3.58. The van der Waals surface area contributed by atoms with E-state index in [2.05, 4.69) is 16.7 Å². The maximum Gasteiger partial charge on any atom is 0.242 e. The molecule has 7 heteroatoms. The summed E-state index contributed by atoms with van der Waals surface area (Å²) in [6, 6.07) is 22.2. The van der Waals surface area contributed by atoms with Crippen molar-refractivity contribution < 1.29 is 19.1 Å². The number of ether oxygens (including phenoxy) is 2. The molecule has 0 spiro atoms. The number of benzene rings is 2. The van der Waals surface area contributed by atoms with E-state index in [1.54, 1.807) is 19.1 Å². The first-order valence-electron chi connectivity index (χ1n) is 14.4. The van der Waals surface area contributed by atoms with Crippen LogP contribution in [0.4, 0.5) is 0 Å². The van der Waals surface area contributed by atoms with Crippen LogP contribution in [0.3, 0.4) is 0 Å². The lowest BCUT2D eigenvalue weighted by molar-refractivity contribution is -0.144. The Morgan fingerprint density at radius 1 is 0.875 bits per heavy atom. The maximum absolute atomic E-state index is 13.9. The van der Waals surface area contributed by atoms with E-state index in [1.807, 2.05) is 65.7 Å².